The van der Waals surface area contributed by atoms with Crippen LogP contribution in [0.5, 0.6) is 0 Å². The van der Waals surface area contributed by atoms with Crippen LogP contribution in [0.4, 0.5) is 0 Å². The molecule has 0 saturated carbocycles. The first-order valence-electron chi connectivity index (χ1n) is 17.5. The number of piperidine rings is 2. The van der Waals surface area contributed by atoms with Crippen molar-refractivity contribution in [3.8, 4) is 0 Å². The molecule has 3 N–H and O–H groups in total. The summed E-state index contributed by atoms with van der Waals surface area (Å²) >= 11 is 0. The van der Waals surface area contributed by atoms with E-state index in [2.05, 4.69) is 16.0 Å². The SMILES string of the molecule is CCC(C)[C@@H]1NC(=O)[C@@H](C)NC(=O)[C@@H]2CCCN2C(=O)[C@@H](Cc2ccccc2)N(C(=O)C2CCCCN2)C(=O)C2CCCCN2C1=O. The number of hydrogen-bond acceptors (Lipinski definition) is 7. The Morgan fingerprint density at radius 3 is 2.19 bits per heavy atom. The summed E-state index contributed by atoms with van der Waals surface area (Å²) in [5.41, 5.74) is 0.767. The van der Waals surface area contributed by atoms with E-state index in [1.807, 2.05) is 44.2 Å². The van der Waals surface area contributed by atoms with Crippen LogP contribution in [0.3, 0.4) is 0 Å². The highest BCUT2D eigenvalue weighted by molar-refractivity contribution is 6.06. The van der Waals surface area contributed by atoms with Gasteiger partial charge in [-0.15, -0.1) is 0 Å². The van der Waals surface area contributed by atoms with E-state index in [1.165, 1.54) is 9.80 Å². The van der Waals surface area contributed by atoms with E-state index in [9.17, 15) is 28.8 Å². The molecule has 6 amide bonds. The van der Waals surface area contributed by atoms with Gasteiger partial charge in [0.2, 0.25) is 29.5 Å². The maximum absolute atomic E-state index is 15.0. The van der Waals surface area contributed by atoms with Crippen LogP contribution in [-0.2, 0) is 35.2 Å². The average molecular weight is 651 g/mol. The minimum absolute atomic E-state index is 0.0708. The smallest absolute Gasteiger partial charge is 0.252 e. The Balaban J connectivity index is 1.65. The van der Waals surface area contributed by atoms with Crippen molar-refractivity contribution in [1.82, 2.24) is 30.7 Å². The van der Waals surface area contributed by atoms with Gasteiger partial charge >= 0.3 is 0 Å². The Labute approximate surface area is 277 Å². The maximum atomic E-state index is 15.0. The molecule has 0 aliphatic carbocycles. The first-order valence-corrected chi connectivity index (χ1v) is 17.5. The molecule has 4 fully saturated rings. The molecule has 47 heavy (non-hydrogen) atoms. The van der Waals surface area contributed by atoms with E-state index in [0.717, 1.165) is 23.3 Å². The molecule has 12 heteroatoms. The van der Waals surface area contributed by atoms with Crippen molar-refractivity contribution in [2.24, 2.45) is 5.92 Å². The summed E-state index contributed by atoms with van der Waals surface area (Å²) in [6.07, 6.45) is 5.53. The van der Waals surface area contributed by atoms with Gasteiger partial charge in [-0.1, -0.05) is 57.0 Å². The van der Waals surface area contributed by atoms with Crippen LogP contribution in [0, 0.1) is 5.92 Å². The van der Waals surface area contributed by atoms with Crippen molar-refractivity contribution in [2.75, 3.05) is 19.6 Å². The molecular weight excluding hydrogens is 600 g/mol. The predicted molar refractivity (Wildman–Crippen MR) is 175 cm³/mol. The van der Waals surface area contributed by atoms with Crippen molar-refractivity contribution >= 4 is 35.4 Å². The monoisotopic (exact) mass is 650 g/mol. The number of amides is 6. The van der Waals surface area contributed by atoms with Crippen molar-refractivity contribution in [3.05, 3.63) is 35.9 Å². The number of carbonyl (C=O) groups excluding carboxylic acids is 6. The Morgan fingerprint density at radius 2 is 1.49 bits per heavy atom. The third-order valence-corrected chi connectivity index (χ3v) is 10.4. The first-order chi connectivity index (χ1) is 22.6. The fraction of sp³-hybridized carbons (Fsp3) is 0.657. The van der Waals surface area contributed by atoms with Gasteiger partial charge < -0.3 is 25.8 Å². The zero-order valence-electron chi connectivity index (χ0n) is 27.9. The molecule has 0 spiro atoms. The van der Waals surface area contributed by atoms with Crippen LogP contribution in [0.2, 0.25) is 0 Å². The minimum atomic E-state index is -1.22. The van der Waals surface area contributed by atoms with Gasteiger partial charge in [0.05, 0.1) is 6.04 Å². The van der Waals surface area contributed by atoms with Crippen molar-refractivity contribution in [2.45, 2.75) is 121 Å². The molecule has 1 aromatic carbocycles. The summed E-state index contributed by atoms with van der Waals surface area (Å²) in [4.78, 5) is 89.8. The zero-order chi connectivity index (χ0) is 33.7. The number of benzene rings is 1. The molecule has 0 radical (unpaired) electrons. The lowest BCUT2D eigenvalue weighted by molar-refractivity contribution is -0.163. The van der Waals surface area contributed by atoms with Crippen LogP contribution >= 0.6 is 0 Å². The molecule has 4 aliphatic heterocycles. The van der Waals surface area contributed by atoms with Gasteiger partial charge in [-0.3, -0.25) is 33.7 Å². The normalized spacial score (nSPS) is 30.4. The summed E-state index contributed by atoms with van der Waals surface area (Å²) in [6, 6.07) is 3.66. The summed E-state index contributed by atoms with van der Waals surface area (Å²) in [6.45, 7) is 6.55. The summed E-state index contributed by atoms with van der Waals surface area (Å²) in [7, 11) is 0. The molecule has 3 unspecified atom stereocenters. The number of nitrogens with zero attached hydrogens (tertiary/aromatic N) is 3. The molecular formula is C35H50N6O6. The highest BCUT2D eigenvalue weighted by Gasteiger charge is 2.48. The molecule has 12 nitrogen and oxygen atoms in total. The Kier molecular flexibility index (Phi) is 11.3. The Morgan fingerprint density at radius 1 is 0.809 bits per heavy atom. The van der Waals surface area contributed by atoms with Crippen molar-refractivity contribution in [3.63, 3.8) is 0 Å². The largest absolute Gasteiger partial charge is 0.343 e. The number of hydrogen-bond donors (Lipinski definition) is 3. The molecule has 4 heterocycles. The minimum Gasteiger partial charge on any atom is -0.343 e. The summed E-state index contributed by atoms with van der Waals surface area (Å²) in [5.74, 6) is -3.19. The second kappa shape index (κ2) is 15.4. The Hall–Kier alpha value is -3.80. The number of carbonyl (C=O) groups is 6. The Bertz CT molecular complexity index is 1330. The van der Waals surface area contributed by atoms with Gasteiger partial charge in [-0.05, 0) is 69.9 Å². The highest BCUT2D eigenvalue weighted by atomic mass is 16.2. The molecule has 4 aliphatic rings. The summed E-state index contributed by atoms with van der Waals surface area (Å²) < 4.78 is 0. The average Bonchev–Trinajstić information content (AvgIpc) is 3.60. The third kappa shape index (κ3) is 7.52. The molecule has 7 atom stereocenters. The van der Waals surface area contributed by atoms with Crippen LogP contribution in [0.25, 0.3) is 0 Å². The number of fused-ring (bicyclic) bond motifs is 2. The molecule has 4 saturated heterocycles. The van der Waals surface area contributed by atoms with E-state index in [4.69, 9.17) is 0 Å². The standard InChI is InChI=1S/C35H50N6O6/c1-4-22(2)29-35(47)40-19-11-9-16-27(40)34(46)41(32(44)25-15-8-10-18-36-25)28(21-24-13-6-5-7-14-24)33(45)39-20-12-17-26(39)31(43)37-23(3)30(42)38-29/h5-7,13-14,22-23,25-29,36H,4,8-12,15-21H2,1-3H3,(H,37,43)(H,38,42)/t22?,23-,25?,26+,27?,28-,29+/m1/s1. The zero-order valence-corrected chi connectivity index (χ0v) is 27.9. The number of rotatable bonds is 5. The topological polar surface area (TPSA) is 148 Å². The van der Waals surface area contributed by atoms with Gasteiger partial charge in [0.25, 0.3) is 5.91 Å². The molecule has 256 valence electrons. The van der Waals surface area contributed by atoms with Gasteiger partial charge in [0.1, 0.15) is 30.2 Å². The second-order valence-electron chi connectivity index (χ2n) is 13.6. The van der Waals surface area contributed by atoms with E-state index < -0.39 is 71.7 Å². The lowest BCUT2D eigenvalue weighted by Gasteiger charge is -2.42. The van der Waals surface area contributed by atoms with Gasteiger partial charge in [-0.25, -0.2) is 0 Å². The van der Waals surface area contributed by atoms with Gasteiger partial charge in [0, 0.05) is 19.5 Å². The quantitative estimate of drug-likeness (QED) is 0.410. The molecule has 1 aromatic rings. The lowest BCUT2D eigenvalue weighted by atomic mass is 9.92. The predicted octanol–water partition coefficient (Wildman–Crippen LogP) is 1.52. The van der Waals surface area contributed by atoms with E-state index in [1.54, 1.807) is 6.92 Å². The fourth-order valence-corrected chi connectivity index (χ4v) is 7.39. The second-order valence-corrected chi connectivity index (χ2v) is 13.6. The van der Waals surface area contributed by atoms with Crippen LogP contribution < -0.4 is 16.0 Å². The van der Waals surface area contributed by atoms with Gasteiger partial charge in [-0.2, -0.15) is 0 Å². The van der Waals surface area contributed by atoms with Crippen LogP contribution in [0.15, 0.2) is 30.3 Å². The lowest BCUT2D eigenvalue weighted by Crippen LogP contribution is -2.65. The molecule has 0 bridgehead atoms. The van der Waals surface area contributed by atoms with E-state index in [-0.39, 0.29) is 18.9 Å². The molecule has 5 rings (SSSR count). The molecule has 0 aromatic heterocycles. The number of imide groups is 1. The van der Waals surface area contributed by atoms with E-state index >= 15 is 0 Å². The first kappa shape index (κ1) is 34.5. The van der Waals surface area contributed by atoms with Crippen LogP contribution in [-0.4, -0.2) is 106 Å². The maximum Gasteiger partial charge on any atom is 0.252 e. The van der Waals surface area contributed by atoms with Crippen molar-refractivity contribution < 1.29 is 28.8 Å². The van der Waals surface area contributed by atoms with E-state index in [0.29, 0.717) is 58.0 Å². The number of nitrogens with one attached hydrogen (secondary N) is 3. The van der Waals surface area contributed by atoms with Crippen molar-refractivity contribution in [1.29, 1.82) is 0 Å². The van der Waals surface area contributed by atoms with Crippen LogP contribution in [0.1, 0.15) is 84.1 Å². The fourth-order valence-electron chi connectivity index (χ4n) is 7.39. The van der Waals surface area contributed by atoms with Gasteiger partial charge in [0.15, 0.2) is 0 Å². The summed E-state index contributed by atoms with van der Waals surface area (Å²) in [5, 5.41) is 8.91. The highest BCUT2D eigenvalue weighted by Crippen LogP contribution is 2.28. The third-order valence-electron chi connectivity index (χ3n) is 10.4.